The van der Waals surface area contributed by atoms with Gasteiger partial charge >= 0.3 is 0 Å². The molecular formula is C7H6F3NO. The molecule has 0 aliphatic carbocycles. The summed E-state index contributed by atoms with van der Waals surface area (Å²) in [5.41, 5.74) is 0. The lowest BCUT2D eigenvalue weighted by Crippen LogP contribution is -2.01. The summed E-state index contributed by atoms with van der Waals surface area (Å²) in [6.07, 6.45) is 0. The lowest BCUT2D eigenvalue weighted by molar-refractivity contribution is 0.296. The third-order valence-corrected chi connectivity index (χ3v) is 1.14. The van der Waals surface area contributed by atoms with Crippen molar-refractivity contribution in [2.75, 3.05) is 6.61 Å². The number of hydrogen-bond donors (Lipinski definition) is 0. The SMILES string of the molecule is CCOc1nc(F)c(F)cc1F. The summed E-state index contributed by atoms with van der Waals surface area (Å²) in [7, 11) is 0. The number of ether oxygens (including phenoxy) is 1. The molecule has 66 valence electrons. The number of halogens is 3. The van der Waals surface area contributed by atoms with Gasteiger partial charge in [0.15, 0.2) is 11.6 Å². The highest BCUT2D eigenvalue weighted by Crippen LogP contribution is 2.15. The van der Waals surface area contributed by atoms with Gasteiger partial charge in [0.1, 0.15) is 0 Å². The molecule has 2 nitrogen and oxygen atoms in total. The molecule has 0 N–H and O–H groups in total. The molecule has 5 heteroatoms. The fourth-order valence-electron chi connectivity index (χ4n) is 0.666. The van der Waals surface area contributed by atoms with E-state index in [1.54, 1.807) is 6.92 Å². The molecule has 0 aliphatic heterocycles. The third-order valence-electron chi connectivity index (χ3n) is 1.14. The van der Waals surface area contributed by atoms with Gasteiger partial charge in [0, 0.05) is 6.07 Å². The fraction of sp³-hybridized carbons (Fsp3) is 0.286. The largest absolute Gasteiger partial charge is 0.476 e. The Morgan fingerprint density at radius 3 is 2.58 bits per heavy atom. The van der Waals surface area contributed by atoms with Crippen LogP contribution in [0.5, 0.6) is 5.88 Å². The number of aromatic nitrogens is 1. The maximum atomic E-state index is 12.6. The molecule has 1 aromatic heterocycles. The maximum Gasteiger partial charge on any atom is 0.253 e. The minimum atomic E-state index is -1.36. The molecule has 0 aromatic carbocycles. The first kappa shape index (κ1) is 8.83. The zero-order valence-corrected chi connectivity index (χ0v) is 6.27. The molecule has 0 atom stereocenters. The molecule has 0 bridgehead atoms. The van der Waals surface area contributed by atoms with Gasteiger partial charge in [0.2, 0.25) is 0 Å². The van der Waals surface area contributed by atoms with Crippen LogP contribution in [-0.2, 0) is 0 Å². The number of hydrogen-bond acceptors (Lipinski definition) is 2. The van der Waals surface area contributed by atoms with Crippen molar-refractivity contribution in [3.63, 3.8) is 0 Å². The first-order valence-corrected chi connectivity index (χ1v) is 3.29. The van der Waals surface area contributed by atoms with Crippen molar-refractivity contribution in [1.29, 1.82) is 0 Å². The number of nitrogens with zero attached hydrogens (tertiary/aromatic N) is 1. The van der Waals surface area contributed by atoms with Gasteiger partial charge in [-0.1, -0.05) is 0 Å². The van der Waals surface area contributed by atoms with Gasteiger partial charge in [0.05, 0.1) is 6.61 Å². The van der Waals surface area contributed by atoms with E-state index in [2.05, 4.69) is 9.72 Å². The fourth-order valence-corrected chi connectivity index (χ4v) is 0.666. The summed E-state index contributed by atoms with van der Waals surface area (Å²) in [6.45, 7) is 1.73. The molecule has 0 spiro atoms. The average molecular weight is 177 g/mol. The summed E-state index contributed by atoms with van der Waals surface area (Å²) in [6, 6.07) is 0.396. The molecule has 1 rings (SSSR count). The number of pyridine rings is 1. The van der Waals surface area contributed by atoms with Crippen LogP contribution in [0.1, 0.15) is 6.92 Å². The summed E-state index contributed by atoms with van der Waals surface area (Å²) in [5, 5.41) is 0. The number of rotatable bonds is 2. The first-order valence-electron chi connectivity index (χ1n) is 3.29. The van der Waals surface area contributed by atoms with Crippen LogP contribution < -0.4 is 4.74 Å². The van der Waals surface area contributed by atoms with Crippen molar-refractivity contribution in [2.45, 2.75) is 6.92 Å². The van der Waals surface area contributed by atoms with Crippen LogP contribution in [0.3, 0.4) is 0 Å². The smallest absolute Gasteiger partial charge is 0.253 e. The van der Waals surface area contributed by atoms with Crippen molar-refractivity contribution < 1.29 is 17.9 Å². The molecule has 0 saturated carbocycles. The van der Waals surface area contributed by atoms with Gasteiger partial charge in [-0.15, -0.1) is 0 Å². The Morgan fingerprint density at radius 1 is 1.33 bits per heavy atom. The highest BCUT2D eigenvalue weighted by atomic mass is 19.2. The highest BCUT2D eigenvalue weighted by molar-refractivity contribution is 5.14. The first-order chi connectivity index (χ1) is 5.65. The molecule has 0 aliphatic rings. The van der Waals surface area contributed by atoms with Gasteiger partial charge in [-0.3, -0.25) is 0 Å². The van der Waals surface area contributed by atoms with Crippen molar-refractivity contribution in [2.24, 2.45) is 0 Å². The molecule has 0 saturated heterocycles. The van der Waals surface area contributed by atoms with Crippen molar-refractivity contribution in [3.8, 4) is 5.88 Å². The predicted molar refractivity (Wildman–Crippen MR) is 35.3 cm³/mol. The Labute approximate surface area is 67.0 Å². The Morgan fingerprint density at radius 2 is 2.00 bits per heavy atom. The van der Waals surface area contributed by atoms with Gasteiger partial charge in [0.25, 0.3) is 11.8 Å². The van der Waals surface area contributed by atoms with Crippen LogP contribution in [0, 0.1) is 17.6 Å². The van der Waals surface area contributed by atoms with Crippen LogP contribution in [0.4, 0.5) is 13.2 Å². The average Bonchev–Trinajstić information content (AvgIpc) is 2.01. The van der Waals surface area contributed by atoms with Gasteiger partial charge in [-0.25, -0.2) is 8.78 Å². The molecule has 1 heterocycles. The Hall–Kier alpha value is -1.26. The quantitative estimate of drug-likeness (QED) is 0.643. The van der Waals surface area contributed by atoms with Gasteiger partial charge < -0.3 is 4.74 Å². The van der Waals surface area contributed by atoms with Crippen LogP contribution in [-0.4, -0.2) is 11.6 Å². The van der Waals surface area contributed by atoms with E-state index in [1.807, 2.05) is 0 Å². The maximum absolute atomic E-state index is 12.6. The van der Waals surface area contributed by atoms with Crippen molar-refractivity contribution in [3.05, 3.63) is 23.6 Å². The summed E-state index contributed by atoms with van der Waals surface area (Å²) >= 11 is 0. The second-order valence-corrected chi connectivity index (χ2v) is 1.98. The van der Waals surface area contributed by atoms with Gasteiger partial charge in [-0.05, 0) is 6.92 Å². The predicted octanol–water partition coefficient (Wildman–Crippen LogP) is 1.90. The molecule has 0 fully saturated rings. The van der Waals surface area contributed by atoms with Gasteiger partial charge in [-0.2, -0.15) is 9.37 Å². The van der Waals surface area contributed by atoms with E-state index in [0.29, 0.717) is 6.07 Å². The lowest BCUT2D eigenvalue weighted by atomic mass is 10.4. The second kappa shape index (κ2) is 3.42. The van der Waals surface area contributed by atoms with E-state index in [-0.39, 0.29) is 6.61 Å². The third kappa shape index (κ3) is 1.66. The molecule has 1 aromatic rings. The van der Waals surface area contributed by atoms with Crippen molar-refractivity contribution in [1.82, 2.24) is 4.98 Å². The van der Waals surface area contributed by atoms with Crippen molar-refractivity contribution >= 4 is 0 Å². The topological polar surface area (TPSA) is 22.1 Å². The Bertz CT molecular complexity index is 290. The van der Waals surface area contributed by atoms with Crippen LogP contribution in [0.25, 0.3) is 0 Å². The molecule has 0 amide bonds. The van der Waals surface area contributed by atoms with Crippen LogP contribution >= 0.6 is 0 Å². The monoisotopic (exact) mass is 177 g/mol. The molecule has 12 heavy (non-hydrogen) atoms. The minimum Gasteiger partial charge on any atom is -0.476 e. The minimum absolute atomic E-state index is 0.148. The zero-order valence-electron chi connectivity index (χ0n) is 6.27. The van der Waals surface area contributed by atoms with E-state index in [4.69, 9.17) is 0 Å². The lowest BCUT2D eigenvalue weighted by Gasteiger charge is -2.02. The summed E-state index contributed by atoms with van der Waals surface area (Å²) in [5.74, 6) is -4.21. The van der Waals surface area contributed by atoms with E-state index < -0.39 is 23.5 Å². The zero-order chi connectivity index (χ0) is 9.14. The van der Waals surface area contributed by atoms with E-state index in [1.165, 1.54) is 0 Å². The van der Waals surface area contributed by atoms with E-state index >= 15 is 0 Å². The van der Waals surface area contributed by atoms with Crippen LogP contribution in [0.15, 0.2) is 6.07 Å². The van der Waals surface area contributed by atoms with Crippen LogP contribution in [0.2, 0.25) is 0 Å². The van der Waals surface area contributed by atoms with E-state index in [0.717, 1.165) is 0 Å². The Kier molecular flexibility index (Phi) is 2.52. The second-order valence-electron chi connectivity index (χ2n) is 1.98. The molecule has 0 radical (unpaired) electrons. The molecular weight excluding hydrogens is 171 g/mol. The highest BCUT2D eigenvalue weighted by Gasteiger charge is 2.11. The summed E-state index contributed by atoms with van der Waals surface area (Å²) < 4.78 is 41.8. The van der Waals surface area contributed by atoms with E-state index in [9.17, 15) is 13.2 Å². The standard InChI is InChI=1S/C7H6F3NO/c1-2-12-7-5(9)3-4(8)6(10)11-7/h3H,2H2,1H3. The summed E-state index contributed by atoms with van der Waals surface area (Å²) in [4.78, 5) is 2.92. The Balaban J connectivity index is 3.05. The normalized spacial score (nSPS) is 10.0. The molecule has 0 unspecified atom stereocenters.